The molecule has 1 rings (SSSR count). The van der Waals surface area contributed by atoms with Crippen molar-refractivity contribution in [3.63, 3.8) is 0 Å². The number of aromatic hydroxyl groups is 1. The molecular formula is C10H15NO3. The molecule has 0 aromatic heterocycles. The maximum Gasteiger partial charge on any atom is 0.160 e. The van der Waals surface area contributed by atoms with E-state index in [1.165, 1.54) is 13.2 Å². The number of benzene rings is 1. The number of methoxy groups -OCH3 is 1. The van der Waals surface area contributed by atoms with Crippen LogP contribution >= 0.6 is 0 Å². The van der Waals surface area contributed by atoms with Gasteiger partial charge in [-0.3, -0.25) is 0 Å². The van der Waals surface area contributed by atoms with Crippen LogP contribution in [0.5, 0.6) is 11.5 Å². The van der Waals surface area contributed by atoms with Gasteiger partial charge in [0.05, 0.1) is 19.3 Å². The second kappa shape index (κ2) is 3.86. The summed E-state index contributed by atoms with van der Waals surface area (Å²) in [7, 11) is 1.46. The zero-order valence-corrected chi connectivity index (χ0v) is 8.32. The smallest absolute Gasteiger partial charge is 0.160 e. The standard InChI is InChI=1S/C10H15NO3/c1-10(11,6-12)7-3-4-8(13)9(5-7)14-2/h3-5,12-13H,6,11H2,1-2H3/t10-/m1/s1. The Morgan fingerprint density at radius 3 is 2.64 bits per heavy atom. The third kappa shape index (κ3) is 1.97. The zero-order valence-electron chi connectivity index (χ0n) is 8.32. The van der Waals surface area contributed by atoms with Gasteiger partial charge in [0.15, 0.2) is 11.5 Å². The van der Waals surface area contributed by atoms with Crippen LogP contribution in [0.1, 0.15) is 12.5 Å². The number of ether oxygens (including phenoxy) is 1. The van der Waals surface area contributed by atoms with E-state index in [-0.39, 0.29) is 12.4 Å². The molecular weight excluding hydrogens is 182 g/mol. The molecule has 14 heavy (non-hydrogen) atoms. The lowest BCUT2D eigenvalue weighted by Gasteiger charge is -2.22. The zero-order chi connectivity index (χ0) is 10.8. The van der Waals surface area contributed by atoms with Crippen LogP contribution in [0.4, 0.5) is 0 Å². The molecule has 78 valence electrons. The number of aliphatic hydroxyl groups excluding tert-OH is 1. The maximum atomic E-state index is 9.35. The molecule has 0 amide bonds. The highest BCUT2D eigenvalue weighted by Gasteiger charge is 2.21. The fourth-order valence-corrected chi connectivity index (χ4v) is 1.12. The SMILES string of the molecule is COc1cc([C@](C)(N)CO)ccc1O. The van der Waals surface area contributed by atoms with E-state index in [1.807, 2.05) is 0 Å². The van der Waals surface area contributed by atoms with Crippen LogP contribution in [0, 0.1) is 0 Å². The quantitative estimate of drug-likeness (QED) is 0.662. The normalized spacial score (nSPS) is 14.9. The van der Waals surface area contributed by atoms with Crippen LogP contribution in [0.2, 0.25) is 0 Å². The second-order valence-electron chi connectivity index (χ2n) is 3.46. The Labute approximate surface area is 82.9 Å². The Hall–Kier alpha value is -1.26. The third-order valence-corrected chi connectivity index (χ3v) is 2.17. The van der Waals surface area contributed by atoms with E-state index in [9.17, 15) is 5.11 Å². The first-order chi connectivity index (χ1) is 6.51. The van der Waals surface area contributed by atoms with Crippen molar-refractivity contribution in [2.45, 2.75) is 12.5 Å². The summed E-state index contributed by atoms with van der Waals surface area (Å²) in [5.74, 6) is 0.414. The number of phenols is 1. The van der Waals surface area contributed by atoms with Crippen molar-refractivity contribution in [1.29, 1.82) is 0 Å². The van der Waals surface area contributed by atoms with Crippen LogP contribution in [-0.2, 0) is 5.54 Å². The van der Waals surface area contributed by atoms with Crippen LogP contribution in [0.15, 0.2) is 18.2 Å². The first kappa shape index (κ1) is 10.8. The van der Waals surface area contributed by atoms with E-state index in [2.05, 4.69) is 0 Å². The molecule has 0 heterocycles. The Balaban J connectivity index is 3.12. The lowest BCUT2D eigenvalue weighted by atomic mass is 9.94. The van der Waals surface area contributed by atoms with E-state index < -0.39 is 5.54 Å². The fraction of sp³-hybridized carbons (Fsp3) is 0.400. The highest BCUT2D eigenvalue weighted by Crippen LogP contribution is 2.29. The summed E-state index contributed by atoms with van der Waals surface area (Å²) < 4.78 is 4.94. The second-order valence-corrected chi connectivity index (χ2v) is 3.46. The van der Waals surface area contributed by atoms with Crippen LogP contribution in [0.3, 0.4) is 0 Å². The van der Waals surface area contributed by atoms with Gasteiger partial charge in [-0.15, -0.1) is 0 Å². The summed E-state index contributed by atoms with van der Waals surface area (Å²) >= 11 is 0. The number of rotatable bonds is 3. The van der Waals surface area contributed by atoms with E-state index in [0.29, 0.717) is 5.75 Å². The van der Waals surface area contributed by atoms with Gasteiger partial charge in [0, 0.05) is 0 Å². The van der Waals surface area contributed by atoms with Crippen molar-refractivity contribution in [2.75, 3.05) is 13.7 Å². The largest absolute Gasteiger partial charge is 0.504 e. The van der Waals surface area contributed by atoms with Gasteiger partial charge in [0.2, 0.25) is 0 Å². The molecule has 0 saturated carbocycles. The summed E-state index contributed by atoms with van der Waals surface area (Å²) in [5, 5.41) is 18.4. The predicted octanol–water partition coefficient (Wildman–Crippen LogP) is 0.567. The van der Waals surface area contributed by atoms with Crippen molar-refractivity contribution in [2.24, 2.45) is 5.73 Å². The van der Waals surface area contributed by atoms with E-state index >= 15 is 0 Å². The van der Waals surface area contributed by atoms with Crippen molar-refractivity contribution in [1.82, 2.24) is 0 Å². The molecule has 0 aliphatic rings. The minimum absolute atomic E-state index is 0.0602. The van der Waals surface area contributed by atoms with Gasteiger partial charge < -0.3 is 20.7 Å². The van der Waals surface area contributed by atoms with Gasteiger partial charge in [-0.25, -0.2) is 0 Å². The van der Waals surface area contributed by atoms with Gasteiger partial charge >= 0.3 is 0 Å². The van der Waals surface area contributed by atoms with Crippen molar-refractivity contribution in [3.8, 4) is 11.5 Å². The molecule has 0 bridgehead atoms. The molecule has 4 heteroatoms. The molecule has 1 aromatic carbocycles. The van der Waals surface area contributed by atoms with Crippen molar-refractivity contribution < 1.29 is 14.9 Å². The molecule has 1 atom stereocenters. The van der Waals surface area contributed by atoms with Gasteiger partial charge in [0.25, 0.3) is 0 Å². The number of hydrogen-bond acceptors (Lipinski definition) is 4. The minimum Gasteiger partial charge on any atom is -0.504 e. The number of aliphatic hydroxyl groups is 1. The van der Waals surface area contributed by atoms with Gasteiger partial charge in [-0.1, -0.05) is 6.07 Å². The highest BCUT2D eigenvalue weighted by molar-refractivity contribution is 5.43. The molecule has 0 radical (unpaired) electrons. The minimum atomic E-state index is -0.818. The maximum absolute atomic E-state index is 9.35. The Morgan fingerprint density at radius 2 is 2.14 bits per heavy atom. The molecule has 4 nitrogen and oxygen atoms in total. The predicted molar refractivity (Wildman–Crippen MR) is 53.3 cm³/mol. The summed E-state index contributed by atoms with van der Waals surface area (Å²) in [4.78, 5) is 0. The lowest BCUT2D eigenvalue weighted by Crippen LogP contribution is -2.36. The van der Waals surface area contributed by atoms with E-state index in [4.69, 9.17) is 15.6 Å². The summed E-state index contributed by atoms with van der Waals surface area (Å²) in [5.41, 5.74) is 5.72. The summed E-state index contributed by atoms with van der Waals surface area (Å²) in [6, 6.07) is 4.77. The number of nitrogens with two attached hydrogens (primary N) is 1. The van der Waals surface area contributed by atoms with Crippen LogP contribution in [0.25, 0.3) is 0 Å². The molecule has 4 N–H and O–H groups in total. The van der Waals surface area contributed by atoms with E-state index in [0.717, 1.165) is 5.56 Å². The Morgan fingerprint density at radius 1 is 1.50 bits per heavy atom. The first-order valence-corrected chi connectivity index (χ1v) is 4.28. The molecule has 0 spiro atoms. The monoisotopic (exact) mass is 197 g/mol. The molecule has 0 aliphatic carbocycles. The van der Waals surface area contributed by atoms with Crippen LogP contribution < -0.4 is 10.5 Å². The molecule has 0 aliphatic heterocycles. The topological polar surface area (TPSA) is 75.7 Å². The van der Waals surface area contributed by atoms with Crippen molar-refractivity contribution >= 4 is 0 Å². The number of hydrogen-bond donors (Lipinski definition) is 3. The molecule has 1 aromatic rings. The molecule has 0 unspecified atom stereocenters. The average molecular weight is 197 g/mol. The van der Waals surface area contributed by atoms with Crippen molar-refractivity contribution in [3.05, 3.63) is 23.8 Å². The van der Waals surface area contributed by atoms with Gasteiger partial charge in [-0.2, -0.15) is 0 Å². The van der Waals surface area contributed by atoms with Gasteiger partial charge in [-0.05, 0) is 24.6 Å². The van der Waals surface area contributed by atoms with Crippen LogP contribution in [-0.4, -0.2) is 23.9 Å². The summed E-state index contributed by atoms with van der Waals surface area (Å²) in [6.45, 7) is 1.54. The average Bonchev–Trinajstić information content (AvgIpc) is 2.18. The highest BCUT2D eigenvalue weighted by atomic mass is 16.5. The third-order valence-electron chi connectivity index (χ3n) is 2.17. The summed E-state index contributed by atoms with van der Waals surface area (Å²) in [6.07, 6.45) is 0. The molecule has 0 saturated heterocycles. The number of phenolic OH excluding ortho intramolecular Hbond substituents is 1. The lowest BCUT2D eigenvalue weighted by molar-refractivity contribution is 0.209. The Bertz CT molecular complexity index is 323. The first-order valence-electron chi connectivity index (χ1n) is 4.28. The van der Waals surface area contributed by atoms with Gasteiger partial charge in [0.1, 0.15) is 0 Å². The fourth-order valence-electron chi connectivity index (χ4n) is 1.12. The molecule has 0 fully saturated rings. The Kier molecular flexibility index (Phi) is 2.98. The van der Waals surface area contributed by atoms with E-state index in [1.54, 1.807) is 19.1 Å².